The number of hydrogen-bond donors (Lipinski definition) is 0. The van der Waals surface area contributed by atoms with Crippen LogP contribution in [0.4, 0.5) is 0 Å². The van der Waals surface area contributed by atoms with E-state index in [1.54, 1.807) is 11.3 Å². The molecule has 4 rings (SSSR count). The van der Waals surface area contributed by atoms with Gasteiger partial charge in [-0.3, -0.25) is 14.1 Å². The summed E-state index contributed by atoms with van der Waals surface area (Å²) in [5.74, 6) is 0.510. The third-order valence-electron chi connectivity index (χ3n) is 5.79. The summed E-state index contributed by atoms with van der Waals surface area (Å²) in [5, 5.41) is 2.09. The van der Waals surface area contributed by atoms with Crippen molar-refractivity contribution in [1.29, 1.82) is 0 Å². The number of hydrogen-bond acceptors (Lipinski definition) is 4. The molecule has 1 saturated heterocycles. The van der Waals surface area contributed by atoms with E-state index in [0.717, 1.165) is 56.2 Å². The van der Waals surface area contributed by atoms with Gasteiger partial charge in [-0.1, -0.05) is 30.3 Å². The highest BCUT2D eigenvalue weighted by atomic mass is 32.1. The number of rotatable bonds is 6. The Morgan fingerprint density at radius 1 is 1.18 bits per heavy atom. The number of carbonyl (C=O) groups is 1. The number of amides is 1. The van der Waals surface area contributed by atoms with Crippen LogP contribution in [0.25, 0.3) is 16.2 Å². The molecule has 1 aliphatic heterocycles. The maximum absolute atomic E-state index is 12.7. The van der Waals surface area contributed by atoms with E-state index in [9.17, 15) is 4.79 Å². The van der Waals surface area contributed by atoms with E-state index in [2.05, 4.69) is 59.0 Å². The first kappa shape index (κ1) is 19.2. The van der Waals surface area contributed by atoms with E-state index in [0.29, 0.717) is 5.91 Å². The fourth-order valence-corrected chi connectivity index (χ4v) is 4.89. The zero-order valence-electron chi connectivity index (χ0n) is 16.7. The predicted octanol–water partition coefficient (Wildman–Crippen LogP) is 4.14. The monoisotopic (exact) mass is 396 g/mol. The summed E-state index contributed by atoms with van der Waals surface area (Å²) in [4.78, 5) is 23.0. The van der Waals surface area contributed by atoms with Gasteiger partial charge in [0.25, 0.3) is 0 Å². The first-order valence-corrected chi connectivity index (χ1v) is 11.1. The summed E-state index contributed by atoms with van der Waals surface area (Å²) >= 11 is 1.67. The molecule has 1 amide bonds. The molecule has 0 radical (unpaired) electrons. The topological polar surface area (TPSA) is 40.9 Å². The molecule has 0 spiro atoms. The molecule has 3 heterocycles. The highest BCUT2D eigenvalue weighted by Crippen LogP contribution is 2.29. The lowest BCUT2D eigenvalue weighted by molar-refractivity contribution is -0.136. The molecule has 1 aromatic carbocycles. The average molecular weight is 397 g/mol. The van der Waals surface area contributed by atoms with E-state index >= 15 is 0 Å². The molecule has 28 heavy (non-hydrogen) atoms. The maximum Gasteiger partial charge on any atom is 0.225 e. The normalized spacial score (nSPS) is 15.9. The molecular weight excluding hydrogens is 368 g/mol. The Labute approximate surface area is 170 Å². The molecule has 0 N–H and O–H groups in total. The zero-order chi connectivity index (χ0) is 19.5. The fourth-order valence-electron chi connectivity index (χ4n) is 4.15. The third-order valence-corrected chi connectivity index (χ3v) is 6.55. The van der Waals surface area contributed by atoms with Gasteiger partial charge in [0, 0.05) is 42.7 Å². The van der Waals surface area contributed by atoms with Crippen molar-refractivity contribution in [3.63, 3.8) is 0 Å². The van der Waals surface area contributed by atoms with Crippen molar-refractivity contribution in [2.24, 2.45) is 5.92 Å². The van der Waals surface area contributed by atoms with Crippen LogP contribution in [-0.4, -0.2) is 51.3 Å². The Morgan fingerprint density at radius 3 is 2.57 bits per heavy atom. The third kappa shape index (κ3) is 3.71. The van der Waals surface area contributed by atoms with Crippen molar-refractivity contribution < 1.29 is 4.79 Å². The molecule has 1 fully saturated rings. The second kappa shape index (κ2) is 8.45. The lowest BCUT2D eigenvalue weighted by Gasteiger charge is -2.33. The molecule has 5 nitrogen and oxygen atoms in total. The van der Waals surface area contributed by atoms with Gasteiger partial charge in [0.15, 0.2) is 4.96 Å². The fraction of sp³-hybridized carbons (Fsp3) is 0.455. The number of imidazole rings is 1. The van der Waals surface area contributed by atoms with Crippen molar-refractivity contribution >= 4 is 22.2 Å². The molecule has 0 bridgehead atoms. The molecule has 6 heteroatoms. The standard InChI is InChI=1S/C22H28N4OS/c1-3-25(4-2)21(27)18-10-12-24(13-11-18)16-19-20(17-8-6-5-7-9-17)23-22-26(19)14-15-28-22/h5-9,14-15,18H,3-4,10-13,16H2,1-2H3. The number of benzene rings is 1. The van der Waals surface area contributed by atoms with Crippen LogP contribution >= 0.6 is 11.3 Å². The van der Waals surface area contributed by atoms with Gasteiger partial charge in [0.1, 0.15) is 0 Å². The molecule has 2 aromatic heterocycles. The van der Waals surface area contributed by atoms with Crippen LogP contribution in [0.2, 0.25) is 0 Å². The first-order valence-electron chi connectivity index (χ1n) is 10.2. The van der Waals surface area contributed by atoms with Crippen molar-refractivity contribution in [2.45, 2.75) is 33.2 Å². The average Bonchev–Trinajstić information content (AvgIpc) is 3.33. The van der Waals surface area contributed by atoms with Crippen LogP contribution in [0.1, 0.15) is 32.4 Å². The molecule has 0 unspecified atom stereocenters. The summed E-state index contributed by atoms with van der Waals surface area (Å²) in [6, 6.07) is 10.4. The van der Waals surface area contributed by atoms with Crippen LogP contribution in [-0.2, 0) is 11.3 Å². The van der Waals surface area contributed by atoms with Crippen LogP contribution in [0.3, 0.4) is 0 Å². The largest absolute Gasteiger partial charge is 0.343 e. The van der Waals surface area contributed by atoms with Gasteiger partial charge in [0.05, 0.1) is 11.4 Å². The lowest BCUT2D eigenvalue weighted by atomic mass is 9.95. The first-order chi connectivity index (χ1) is 13.7. The minimum Gasteiger partial charge on any atom is -0.343 e. The van der Waals surface area contributed by atoms with E-state index in [-0.39, 0.29) is 5.92 Å². The second-order valence-electron chi connectivity index (χ2n) is 7.39. The van der Waals surface area contributed by atoms with Crippen molar-refractivity contribution in [2.75, 3.05) is 26.2 Å². The Kier molecular flexibility index (Phi) is 5.78. The van der Waals surface area contributed by atoms with Crippen LogP contribution in [0, 0.1) is 5.92 Å². The van der Waals surface area contributed by atoms with Gasteiger partial charge >= 0.3 is 0 Å². The van der Waals surface area contributed by atoms with Crippen molar-refractivity contribution in [1.82, 2.24) is 19.2 Å². The maximum atomic E-state index is 12.7. The van der Waals surface area contributed by atoms with Crippen LogP contribution in [0.15, 0.2) is 41.9 Å². The minimum absolute atomic E-state index is 0.177. The summed E-state index contributed by atoms with van der Waals surface area (Å²) in [6.07, 6.45) is 4.01. The van der Waals surface area contributed by atoms with Gasteiger partial charge in [-0.05, 0) is 39.8 Å². The summed E-state index contributed by atoms with van der Waals surface area (Å²) < 4.78 is 2.22. The number of fused-ring (bicyclic) bond motifs is 1. The minimum atomic E-state index is 0.177. The Hall–Kier alpha value is -2.18. The van der Waals surface area contributed by atoms with Gasteiger partial charge in [-0.2, -0.15) is 0 Å². The molecule has 0 atom stereocenters. The molecule has 1 aliphatic rings. The molecule has 3 aromatic rings. The van der Waals surface area contributed by atoms with E-state index in [1.165, 1.54) is 11.3 Å². The van der Waals surface area contributed by atoms with Crippen molar-refractivity contribution in [3.8, 4) is 11.3 Å². The number of piperidine rings is 1. The number of aromatic nitrogens is 2. The van der Waals surface area contributed by atoms with Crippen LogP contribution in [0.5, 0.6) is 0 Å². The Bertz CT molecular complexity index is 921. The van der Waals surface area contributed by atoms with Gasteiger partial charge in [0.2, 0.25) is 5.91 Å². The predicted molar refractivity (Wildman–Crippen MR) is 114 cm³/mol. The van der Waals surface area contributed by atoms with Gasteiger partial charge in [-0.25, -0.2) is 4.98 Å². The zero-order valence-corrected chi connectivity index (χ0v) is 17.5. The Morgan fingerprint density at radius 2 is 1.89 bits per heavy atom. The number of nitrogens with zero attached hydrogens (tertiary/aromatic N) is 4. The van der Waals surface area contributed by atoms with Gasteiger partial charge in [-0.15, -0.1) is 11.3 Å². The smallest absolute Gasteiger partial charge is 0.225 e. The highest BCUT2D eigenvalue weighted by molar-refractivity contribution is 7.15. The highest BCUT2D eigenvalue weighted by Gasteiger charge is 2.28. The SMILES string of the molecule is CCN(CC)C(=O)C1CCN(Cc2c(-c3ccccc3)nc3sccn23)CC1. The van der Waals surface area contributed by atoms with E-state index in [1.807, 2.05) is 11.0 Å². The number of thiazole rings is 1. The summed E-state index contributed by atoms with van der Waals surface area (Å²) in [7, 11) is 0. The molecule has 148 valence electrons. The van der Waals surface area contributed by atoms with E-state index in [4.69, 9.17) is 4.98 Å². The van der Waals surface area contributed by atoms with Gasteiger partial charge < -0.3 is 4.90 Å². The Balaban J connectivity index is 1.49. The van der Waals surface area contributed by atoms with Crippen molar-refractivity contribution in [3.05, 3.63) is 47.6 Å². The summed E-state index contributed by atoms with van der Waals surface area (Å²) in [6.45, 7) is 8.53. The van der Waals surface area contributed by atoms with E-state index < -0.39 is 0 Å². The quantitative estimate of drug-likeness (QED) is 0.629. The molecule has 0 aliphatic carbocycles. The molecular formula is C22H28N4OS. The number of carbonyl (C=O) groups excluding carboxylic acids is 1. The summed E-state index contributed by atoms with van der Waals surface area (Å²) in [5.41, 5.74) is 3.49. The number of likely N-dealkylation sites (tertiary alicyclic amines) is 1. The molecule has 0 saturated carbocycles. The second-order valence-corrected chi connectivity index (χ2v) is 8.26. The van der Waals surface area contributed by atoms with Crippen LogP contribution < -0.4 is 0 Å². The lowest BCUT2D eigenvalue weighted by Crippen LogP contribution is -2.42.